The first-order valence-corrected chi connectivity index (χ1v) is 6.04. The molecule has 18 heavy (non-hydrogen) atoms. The number of rotatable bonds is 6. The molecule has 1 N–H and O–H groups in total. The van der Waals surface area contributed by atoms with E-state index in [-0.39, 0.29) is 5.56 Å². The van der Waals surface area contributed by atoms with Gasteiger partial charge >= 0.3 is 0 Å². The van der Waals surface area contributed by atoms with E-state index in [1.807, 2.05) is 13.8 Å². The van der Waals surface area contributed by atoms with Crippen LogP contribution in [0, 0.1) is 11.6 Å². The number of hydrogen-bond donors (Lipinski definition) is 1. The lowest BCUT2D eigenvalue weighted by Crippen LogP contribution is -2.35. The highest BCUT2D eigenvalue weighted by Crippen LogP contribution is 2.10. The molecule has 0 saturated carbocycles. The molecule has 0 aliphatic heterocycles. The van der Waals surface area contributed by atoms with E-state index in [2.05, 4.69) is 10.2 Å². The second kappa shape index (κ2) is 7.06. The lowest BCUT2D eigenvalue weighted by Gasteiger charge is -2.18. The molecule has 5 heteroatoms. The van der Waals surface area contributed by atoms with Gasteiger partial charge in [0.15, 0.2) is 11.6 Å². The molecule has 3 nitrogen and oxygen atoms in total. The quantitative estimate of drug-likeness (QED) is 0.844. The van der Waals surface area contributed by atoms with Crippen molar-refractivity contribution in [2.24, 2.45) is 0 Å². The number of carbonyl (C=O) groups is 1. The van der Waals surface area contributed by atoms with Crippen molar-refractivity contribution in [3.63, 3.8) is 0 Å². The van der Waals surface area contributed by atoms with Crippen LogP contribution in [0.2, 0.25) is 0 Å². The van der Waals surface area contributed by atoms with E-state index in [1.165, 1.54) is 12.1 Å². The summed E-state index contributed by atoms with van der Waals surface area (Å²) in [6.07, 6.45) is 0. The summed E-state index contributed by atoms with van der Waals surface area (Å²) in [5.74, 6) is -2.69. The maximum Gasteiger partial charge on any atom is 0.254 e. The maximum absolute atomic E-state index is 13.3. The smallest absolute Gasteiger partial charge is 0.254 e. The van der Waals surface area contributed by atoms with Gasteiger partial charge in [-0.15, -0.1) is 0 Å². The highest BCUT2D eigenvalue weighted by molar-refractivity contribution is 5.94. The van der Waals surface area contributed by atoms with Gasteiger partial charge in [-0.05, 0) is 25.2 Å². The van der Waals surface area contributed by atoms with Crippen LogP contribution in [0.1, 0.15) is 24.2 Å². The van der Waals surface area contributed by atoms with Crippen LogP contribution in [0.15, 0.2) is 18.2 Å². The van der Waals surface area contributed by atoms with Crippen molar-refractivity contribution in [2.75, 3.05) is 26.2 Å². The maximum atomic E-state index is 13.3. The number of amides is 1. The Labute approximate surface area is 106 Å². The average Bonchev–Trinajstić information content (AvgIpc) is 2.37. The fourth-order valence-corrected chi connectivity index (χ4v) is 1.64. The molecule has 0 atom stereocenters. The minimum Gasteiger partial charge on any atom is -0.351 e. The highest BCUT2D eigenvalue weighted by Gasteiger charge is 2.14. The van der Waals surface area contributed by atoms with Gasteiger partial charge in [0.05, 0.1) is 5.56 Å². The predicted octanol–water partition coefficient (Wildman–Crippen LogP) is 2.04. The van der Waals surface area contributed by atoms with Crippen LogP contribution in [-0.2, 0) is 0 Å². The minimum absolute atomic E-state index is 0.255. The Morgan fingerprint density at radius 3 is 2.56 bits per heavy atom. The third-order valence-corrected chi connectivity index (χ3v) is 2.80. The second-order valence-corrected chi connectivity index (χ2v) is 3.88. The van der Waals surface area contributed by atoms with Crippen molar-refractivity contribution in [3.05, 3.63) is 35.4 Å². The molecular weight excluding hydrogens is 238 g/mol. The molecule has 1 aromatic carbocycles. The van der Waals surface area contributed by atoms with Crippen molar-refractivity contribution < 1.29 is 13.6 Å². The predicted molar refractivity (Wildman–Crippen MR) is 66.5 cm³/mol. The van der Waals surface area contributed by atoms with E-state index in [1.54, 1.807) is 0 Å². The number of nitrogens with zero attached hydrogens (tertiary/aromatic N) is 1. The van der Waals surface area contributed by atoms with Crippen LogP contribution < -0.4 is 5.32 Å². The van der Waals surface area contributed by atoms with Gasteiger partial charge in [-0.1, -0.05) is 19.9 Å². The Bertz CT molecular complexity index is 406. The van der Waals surface area contributed by atoms with Crippen LogP contribution in [0.3, 0.4) is 0 Å². The first-order valence-electron chi connectivity index (χ1n) is 6.04. The minimum atomic E-state index is -1.10. The van der Waals surface area contributed by atoms with E-state index < -0.39 is 17.5 Å². The summed E-state index contributed by atoms with van der Waals surface area (Å²) in [7, 11) is 0. The lowest BCUT2D eigenvalue weighted by atomic mass is 10.2. The number of benzene rings is 1. The van der Waals surface area contributed by atoms with E-state index in [0.29, 0.717) is 13.1 Å². The molecule has 1 rings (SSSR count). The van der Waals surface area contributed by atoms with Crippen LogP contribution in [-0.4, -0.2) is 37.0 Å². The molecule has 0 aromatic heterocycles. The summed E-state index contributed by atoms with van der Waals surface area (Å²) in [5, 5.41) is 2.58. The summed E-state index contributed by atoms with van der Waals surface area (Å²) in [6, 6.07) is 3.57. The molecule has 1 aromatic rings. The Morgan fingerprint density at radius 1 is 1.28 bits per heavy atom. The van der Waals surface area contributed by atoms with E-state index >= 15 is 0 Å². The molecule has 0 aliphatic carbocycles. The third kappa shape index (κ3) is 3.77. The number of halogens is 2. The van der Waals surface area contributed by atoms with Gasteiger partial charge in [-0.2, -0.15) is 0 Å². The molecule has 0 bridgehead atoms. The molecular formula is C13H18F2N2O. The van der Waals surface area contributed by atoms with Gasteiger partial charge in [0.1, 0.15) is 0 Å². The molecule has 1 amide bonds. The fraction of sp³-hybridized carbons (Fsp3) is 0.462. The van der Waals surface area contributed by atoms with Crippen LogP contribution in [0.5, 0.6) is 0 Å². The standard InChI is InChI=1S/C13H18F2N2O/c1-3-17(4-2)9-8-16-13(18)10-6-5-7-11(14)12(10)15/h5-7H,3-4,8-9H2,1-2H3,(H,16,18). The zero-order valence-corrected chi connectivity index (χ0v) is 10.7. The van der Waals surface area contributed by atoms with Crippen LogP contribution >= 0.6 is 0 Å². The second-order valence-electron chi connectivity index (χ2n) is 3.88. The third-order valence-electron chi connectivity index (χ3n) is 2.80. The van der Waals surface area contributed by atoms with Gasteiger partial charge in [0, 0.05) is 13.1 Å². The molecule has 0 spiro atoms. The number of nitrogens with one attached hydrogen (secondary N) is 1. The molecule has 0 saturated heterocycles. The summed E-state index contributed by atoms with van der Waals surface area (Å²) >= 11 is 0. The molecule has 0 fully saturated rings. The van der Waals surface area contributed by atoms with Crippen molar-refractivity contribution in [3.8, 4) is 0 Å². The van der Waals surface area contributed by atoms with Crippen molar-refractivity contribution in [1.29, 1.82) is 0 Å². The Hall–Kier alpha value is -1.49. The lowest BCUT2D eigenvalue weighted by molar-refractivity contribution is 0.0944. The monoisotopic (exact) mass is 256 g/mol. The van der Waals surface area contributed by atoms with Gasteiger partial charge in [-0.3, -0.25) is 4.79 Å². The SMILES string of the molecule is CCN(CC)CCNC(=O)c1cccc(F)c1F. The van der Waals surface area contributed by atoms with Gasteiger partial charge in [0.2, 0.25) is 0 Å². The molecule has 0 aliphatic rings. The van der Waals surface area contributed by atoms with Gasteiger partial charge in [-0.25, -0.2) is 8.78 Å². The number of hydrogen-bond acceptors (Lipinski definition) is 2. The van der Waals surface area contributed by atoms with Crippen LogP contribution in [0.4, 0.5) is 8.78 Å². The zero-order valence-electron chi connectivity index (χ0n) is 10.7. The number of likely N-dealkylation sites (N-methyl/N-ethyl adjacent to an activating group) is 1. The summed E-state index contributed by atoms with van der Waals surface area (Å²) in [4.78, 5) is 13.8. The average molecular weight is 256 g/mol. The highest BCUT2D eigenvalue weighted by atomic mass is 19.2. The molecule has 0 radical (unpaired) electrons. The van der Waals surface area contributed by atoms with Crippen molar-refractivity contribution >= 4 is 5.91 Å². The topological polar surface area (TPSA) is 32.3 Å². The van der Waals surface area contributed by atoms with E-state index in [9.17, 15) is 13.6 Å². The Balaban J connectivity index is 2.53. The van der Waals surface area contributed by atoms with Gasteiger partial charge in [0.25, 0.3) is 5.91 Å². The first kappa shape index (κ1) is 14.6. The normalized spacial score (nSPS) is 10.7. The largest absolute Gasteiger partial charge is 0.351 e. The summed E-state index contributed by atoms with van der Waals surface area (Å²) in [6.45, 7) is 6.93. The van der Waals surface area contributed by atoms with Crippen molar-refractivity contribution in [1.82, 2.24) is 10.2 Å². The number of carbonyl (C=O) groups excluding carboxylic acids is 1. The Morgan fingerprint density at radius 2 is 1.94 bits per heavy atom. The fourth-order valence-electron chi connectivity index (χ4n) is 1.64. The zero-order chi connectivity index (χ0) is 13.5. The first-order chi connectivity index (χ1) is 8.60. The molecule has 100 valence electrons. The van der Waals surface area contributed by atoms with Gasteiger partial charge < -0.3 is 10.2 Å². The van der Waals surface area contributed by atoms with E-state index in [0.717, 1.165) is 19.2 Å². The van der Waals surface area contributed by atoms with Crippen LogP contribution in [0.25, 0.3) is 0 Å². The summed E-state index contributed by atoms with van der Waals surface area (Å²) < 4.78 is 26.3. The van der Waals surface area contributed by atoms with Crippen molar-refractivity contribution in [2.45, 2.75) is 13.8 Å². The molecule has 0 heterocycles. The Kier molecular flexibility index (Phi) is 5.71. The summed E-state index contributed by atoms with van der Waals surface area (Å²) in [5.41, 5.74) is -0.255. The molecule has 0 unspecified atom stereocenters. The van der Waals surface area contributed by atoms with E-state index in [4.69, 9.17) is 0 Å².